The molecule has 1 aliphatic carbocycles. The van der Waals surface area contributed by atoms with Gasteiger partial charge in [0.15, 0.2) is 0 Å². The van der Waals surface area contributed by atoms with Crippen molar-refractivity contribution in [2.24, 2.45) is 5.92 Å². The maximum absolute atomic E-state index is 13.1. The van der Waals surface area contributed by atoms with Gasteiger partial charge in [-0.25, -0.2) is 0 Å². The summed E-state index contributed by atoms with van der Waals surface area (Å²) in [7, 11) is 0. The topological polar surface area (TPSA) is 32.3 Å². The molecule has 0 spiro atoms. The van der Waals surface area contributed by atoms with Crippen LogP contribution in [0.4, 0.5) is 0 Å². The fourth-order valence-corrected chi connectivity index (χ4v) is 3.89. The van der Waals surface area contributed by atoms with Crippen molar-refractivity contribution in [1.29, 1.82) is 0 Å². The van der Waals surface area contributed by atoms with Gasteiger partial charge in [-0.2, -0.15) is 0 Å². The summed E-state index contributed by atoms with van der Waals surface area (Å²) >= 11 is 6.15. The Morgan fingerprint density at radius 2 is 1.95 bits per heavy atom. The number of hydrogen-bond acceptors (Lipinski definition) is 2. The second kappa shape index (κ2) is 6.80. The SMILES string of the molecule is O=C(C(c1cccc(Cl)c1)C1CCCC1)N1CCNCC1. The largest absolute Gasteiger partial charge is 0.340 e. The average molecular weight is 307 g/mol. The predicted octanol–water partition coefficient (Wildman–Crippen LogP) is 3.05. The normalized spacial score (nSPS) is 21.5. The van der Waals surface area contributed by atoms with Gasteiger partial charge in [0.05, 0.1) is 5.92 Å². The van der Waals surface area contributed by atoms with Crippen LogP contribution in [0, 0.1) is 5.92 Å². The average Bonchev–Trinajstić information content (AvgIpc) is 3.02. The molecule has 1 saturated carbocycles. The van der Waals surface area contributed by atoms with Gasteiger partial charge in [-0.15, -0.1) is 0 Å². The first-order valence-corrected chi connectivity index (χ1v) is 8.38. The highest BCUT2D eigenvalue weighted by Gasteiger charge is 2.35. The van der Waals surface area contributed by atoms with E-state index in [0.29, 0.717) is 11.8 Å². The maximum Gasteiger partial charge on any atom is 0.230 e. The second-order valence-electron chi connectivity index (χ2n) is 6.15. The summed E-state index contributed by atoms with van der Waals surface area (Å²) in [5, 5.41) is 4.04. The lowest BCUT2D eigenvalue weighted by Gasteiger charge is -2.33. The number of benzene rings is 1. The summed E-state index contributed by atoms with van der Waals surface area (Å²) in [5.74, 6) is 0.765. The molecule has 2 aliphatic rings. The van der Waals surface area contributed by atoms with Crippen LogP contribution >= 0.6 is 11.6 Å². The molecule has 1 heterocycles. The molecule has 1 unspecified atom stereocenters. The van der Waals surface area contributed by atoms with Crippen molar-refractivity contribution < 1.29 is 4.79 Å². The number of piperazine rings is 1. The first kappa shape index (κ1) is 14.9. The van der Waals surface area contributed by atoms with Crippen LogP contribution in [0.1, 0.15) is 37.2 Å². The van der Waals surface area contributed by atoms with Crippen molar-refractivity contribution in [3.8, 4) is 0 Å². The fraction of sp³-hybridized carbons (Fsp3) is 0.588. The Hall–Kier alpha value is -1.06. The first-order valence-electron chi connectivity index (χ1n) is 8.00. The molecule has 1 N–H and O–H groups in total. The minimum Gasteiger partial charge on any atom is -0.340 e. The van der Waals surface area contributed by atoms with E-state index in [-0.39, 0.29) is 5.92 Å². The van der Waals surface area contributed by atoms with Gasteiger partial charge in [-0.1, -0.05) is 36.6 Å². The molecular weight excluding hydrogens is 284 g/mol. The molecule has 1 aromatic rings. The quantitative estimate of drug-likeness (QED) is 0.931. The first-order chi connectivity index (χ1) is 10.3. The monoisotopic (exact) mass is 306 g/mol. The Morgan fingerprint density at radius 1 is 1.24 bits per heavy atom. The molecule has 3 nitrogen and oxygen atoms in total. The van der Waals surface area contributed by atoms with Crippen molar-refractivity contribution in [3.05, 3.63) is 34.9 Å². The number of hydrogen-bond donors (Lipinski definition) is 1. The molecule has 2 fully saturated rings. The standard InChI is InChI=1S/C17H23ClN2O/c18-15-7-3-6-14(12-15)16(13-4-1-2-5-13)17(21)20-10-8-19-9-11-20/h3,6-7,12-13,16,19H,1-2,4-5,8-11H2. The van der Waals surface area contributed by atoms with Crippen LogP contribution in [0.2, 0.25) is 5.02 Å². The van der Waals surface area contributed by atoms with Crippen LogP contribution < -0.4 is 5.32 Å². The number of carbonyl (C=O) groups excluding carboxylic acids is 1. The molecule has 1 aliphatic heterocycles. The van der Waals surface area contributed by atoms with Crippen LogP contribution in [0.3, 0.4) is 0 Å². The van der Waals surface area contributed by atoms with Crippen molar-refractivity contribution >= 4 is 17.5 Å². The van der Waals surface area contributed by atoms with Gasteiger partial charge in [-0.05, 0) is 36.5 Å². The highest BCUT2D eigenvalue weighted by molar-refractivity contribution is 6.30. The molecule has 114 valence electrons. The van der Waals surface area contributed by atoms with E-state index in [4.69, 9.17) is 11.6 Å². The molecular formula is C17H23ClN2O. The van der Waals surface area contributed by atoms with Gasteiger partial charge in [0, 0.05) is 31.2 Å². The van der Waals surface area contributed by atoms with Gasteiger partial charge in [0.2, 0.25) is 5.91 Å². The lowest BCUT2D eigenvalue weighted by molar-refractivity contribution is -0.134. The molecule has 0 aromatic heterocycles. The lowest BCUT2D eigenvalue weighted by atomic mass is 9.83. The van der Waals surface area contributed by atoms with E-state index in [2.05, 4.69) is 11.4 Å². The number of carbonyl (C=O) groups is 1. The summed E-state index contributed by atoms with van der Waals surface area (Å²) in [4.78, 5) is 15.1. The third-order valence-electron chi connectivity index (χ3n) is 4.77. The minimum absolute atomic E-state index is 0.00991. The number of rotatable bonds is 3. The van der Waals surface area contributed by atoms with Crippen LogP contribution in [0.15, 0.2) is 24.3 Å². The Balaban J connectivity index is 1.86. The van der Waals surface area contributed by atoms with Gasteiger partial charge in [-0.3, -0.25) is 4.79 Å². The van der Waals surface area contributed by atoms with E-state index in [1.165, 1.54) is 12.8 Å². The third kappa shape index (κ3) is 3.41. The van der Waals surface area contributed by atoms with Crippen molar-refractivity contribution in [1.82, 2.24) is 10.2 Å². The Morgan fingerprint density at radius 3 is 2.62 bits per heavy atom. The van der Waals surface area contributed by atoms with Gasteiger partial charge in [0.25, 0.3) is 0 Å². The molecule has 1 atom stereocenters. The number of nitrogens with one attached hydrogen (secondary N) is 1. The van der Waals surface area contributed by atoms with E-state index >= 15 is 0 Å². The molecule has 1 amide bonds. The lowest BCUT2D eigenvalue weighted by Crippen LogP contribution is -2.48. The third-order valence-corrected chi connectivity index (χ3v) is 5.01. The van der Waals surface area contributed by atoms with E-state index in [9.17, 15) is 4.79 Å². The van der Waals surface area contributed by atoms with Crippen molar-refractivity contribution in [2.45, 2.75) is 31.6 Å². The number of halogens is 1. The maximum atomic E-state index is 13.1. The van der Waals surface area contributed by atoms with Crippen LogP contribution in [-0.4, -0.2) is 37.0 Å². The van der Waals surface area contributed by atoms with Crippen LogP contribution in [0.25, 0.3) is 0 Å². The summed E-state index contributed by atoms with van der Waals surface area (Å²) in [6, 6.07) is 7.89. The molecule has 4 heteroatoms. The Labute approximate surface area is 131 Å². The van der Waals surface area contributed by atoms with Crippen molar-refractivity contribution in [2.75, 3.05) is 26.2 Å². The molecule has 21 heavy (non-hydrogen) atoms. The molecule has 0 bridgehead atoms. The van der Waals surface area contributed by atoms with E-state index in [1.807, 2.05) is 23.1 Å². The summed E-state index contributed by atoms with van der Waals surface area (Å²) in [5.41, 5.74) is 1.10. The molecule has 1 aromatic carbocycles. The minimum atomic E-state index is -0.00991. The highest BCUT2D eigenvalue weighted by Crippen LogP contribution is 2.39. The number of nitrogens with zero attached hydrogens (tertiary/aromatic N) is 1. The smallest absolute Gasteiger partial charge is 0.230 e. The van der Waals surface area contributed by atoms with Gasteiger partial charge in [0.1, 0.15) is 0 Å². The van der Waals surface area contributed by atoms with Crippen LogP contribution in [0.5, 0.6) is 0 Å². The van der Waals surface area contributed by atoms with E-state index < -0.39 is 0 Å². The number of amides is 1. The Bertz CT molecular complexity index is 493. The zero-order chi connectivity index (χ0) is 14.7. The zero-order valence-corrected chi connectivity index (χ0v) is 13.1. The molecule has 3 rings (SSSR count). The summed E-state index contributed by atoms with van der Waals surface area (Å²) < 4.78 is 0. The molecule has 1 saturated heterocycles. The van der Waals surface area contributed by atoms with Gasteiger partial charge < -0.3 is 10.2 Å². The fourth-order valence-electron chi connectivity index (χ4n) is 3.69. The second-order valence-corrected chi connectivity index (χ2v) is 6.59. The van der Waals surface area contributed by atoms with E-state index in [1.54, 1.807) is 0 Å². The highest BCUT2D eigenvalue weighted by atomic mass is 35.5. The summed E-state index contributed by atoms with van der Waals surface area (Å²) in [6.07, 6.45) is 4.82. The van der Waals surface area contributed by atoms with E-state index in [0.717, 1.165) is 49.6 Å². The Kier molecular flexibility index (Phi) is 4.81. The van der Waals surface area contributed by atoms with Crippen molar-refractivity contribution in [3.63, 3.8) is 0 Å². The zero-order valence-electron chi connectivity index (χ0n) is 12.4. The van der Waals surface area contributed by atoms with Crippen LogP contribution in [-0.2, 0) is 4.79 Å². The van der Waals surface area contributed by atoms with Gasteiger partial charge >= 0.3 is 0 Å². The predicted molar refractivity (Wildman–Crippen MR) is 85.6 cm³/mol. The summed E-state index contributed by atoms with van der Waals surface area (Å²) in [6.45, 7) is 3.45. The molecule has 0 radical (unpaired) electrons.